The molecule has 2 rings (SSSR count). The minimum absolute atomic E-state index is 0.0899. The summed E-state index contributed by atoms with van der Waals surface area (Å²) in [6, 6.07) is 5.26. The Hall–Kier alpha value is -2.02. The molecule has 0 unspecified atom stereocenters. The van der Waals surface area contributed by atoms with Gasteiger partial charge >= 0.3 is 6.03 Å². The number of halogens is 2. The Morgan fingerprint density at radius 1 is 1.17 bits per heavy atom. The Morgan fingerprint density at radius 3 is 2.50 bits per heavy atom. The van der Waals surface area contributed by atoms with Crippen LogP contribution in [0, 0.1) is 5.82 Å². The second-order valence-corrected chi connectivity index (χ2v) is 4.20. The average Bonchev–Trinajstić information content (AvgIpc) is 2.35. The summed E-state index contributed by atoms with van der Waals surface area (Å²) in [4.78, 5) is 19.3. The van der Waals surface area contributed by atoms with Gasteiger partial charge in [0.1, 0.15) is 5.82 Å². The van der Waals surface area contributed by atoms with Crippen LogP contribution in [0.25, 0.3) is 0 Å². The van der Waals surface area contributed by atoms with Gasteiger partial charge in [-0.25, -0.2) is 19.2 Å². The van der Waals surface area contributed by atoms with Crippen LogP contribution in [-0.2, 0) is 0 Å². The molecule has 1 aromatic carbocycles. The lowest BCUT2D eigenvalue weighted by Gasteiger charge is -2.06. The van der Waals surface area contributed by atoms with Gasteiger partial charge in [-0.2, -0.15) is 0 Å². The summed E-state index contributed by atoms with van der Waals surface area (Å²) < 4.78 is 14.0. The fraction of sp³-hybridized carbons (Fsp3) is 0. The molecule has 0 saturated carbocycles. The van der Waals surface area contributed by atoms with Crippen LogP contribution in [0.1, 0.15) is 0 Å². The number of rotatable bonds is 2. The number of urea groups is 1. The van der Waals surface area contributed by atoms with E-state index in [4.69, 9.17) is 0 Å². The SMILES string of the molecule is O=C(Nc1ncc(Br)cn1)Nc1ccccc1F. The zero-order chi connectivity index (χ0) is 13.0. The standard InChI is InChI=1S/C11H8BrFN4O/c12-7-5-14-10(15-6-7)17-11(18)16-9-4-2-1-3-8(9)13/h1-6H,(H2,14,15,16,17,18). The van der Waals surface area contributed by atoms with Crippen LogP contribution >= 0.6 is 15.9 Å². The van der Waals surface area contributed by atoms with Crippen LogP contribution in [0.4, 0.5) is 20.8 Å². The third-order valence-corrected chi connectivity index (χ3v) is 2.38. The molecular weight excluding hydrogens is 303 g/mol. The molecule has 1 heterocycles. The lowest BCUT2D eigenvalue weighted by Crippen LogP contribution is -2.21. The lowest BCUT2D eigenvalue weighted by molar-refractivity contribution is 0.262. The maximum Gasteiger partial charge on any atom is 0.326 e. The first-order chi connectivity index (χ1) is 8.65. The van der Waals surface area contributed by atoms with E-state index < -0.39 is 11.8 Å². The molecule has 0 bridgehead atoms. The van der Waals surface area contributed by atoms with Gasteiger partial charge in [0, 0.05) is 12.4 Å². The van der Waals surface area contributed by atoms with Crippen LogP contribution in [0.3, 0.4) is 0 Å². The van der Waals surface area contributed by atoms with E-state index >= 15 is 0 Å². The van der Waals surface area contributed by atoms with Gasteiger partial charge in [-0.15, -0.1) is 0 Å². The maximum atomic E-state index is 13.3. The number of carbonyl (C=O) groups is 1. The third kappa shape index (κ3) is 3.24. The molecule has 0 spiro atoms. The summed E-state index contributed by atoms with van der Waals surface area (Å²) in [6.45, 7) is 0. The fourth-order valence-electron chi connectivity index (χ4n) is 1.19. The fourth-order valence-corrected chi connectivity index (χ4v) is 1.40. The zero-order valence-corrected chi connectivity index (χ0v) is 10.6. The van der Waals surface area contributed by atoms with Crippen molar-refractivity contribution in [1.29, 1.82) is 0 Å². The summed E-state index contributed by atoms with van der Waals surface area (Å²) >= 11 is 3.17. The maximum absolute atomic E-state index is 13.3. The van der Waals surface area contributed by atoms with Crippen molar-refractivity contribution in [3.63, 3.8) is 0 Å². The summed E-state index contributed by atoms with van der Waals surface area (Å²) in [7, 11) is 0. The molecular formula is C11H8BrFN4O. The van der Waals surface area contributed by atoms with Crippen molar-refractivity contribution in [3.8, 4) is 0 Å². The molecule has 7 heteroatoms. The van der Waals surface area contributed by atoms with Crippen molar-refractivity contribution < 1.29 is 9.18 Å². The summed E-state index contributed by atoms with van der Waals surface area (Å²) in [5.74, 6) is -0.378. The summed E-state index contributed by atoms with van der Waals surface area (Å²) in [5, 5.41) is 4.74. The van der Waals surface area contributed by atoms with Gasteiger partial charge in [-0.1, -0.05) is 12.1 Å². The minimum atomic E-state index is -0.609. The monoisotopic (exact) mass is 310 g/mol. The van der Waals surface area contributed by atoms with Crippen LogP contribution in [0.2, 0.25) is 0 Å². The smallest absolute Gasteiger partial charge is 0.305 e. The Bertz CT molecular complexity index is 561. The Kier molecular flexibility index (Phi) is 3.83. The van der Waals surface area contributed by atoms with Crippen LogP contribution in [0.15, 0.2) is 41.1 Å². The molecule has 0 aliphatic heterocycles. The van der Waals surface area contributed by atoms with Crippen LogP contribution in [-0.4, -0.2) is 16.0 Å². The molecule has 0 saturated heterocycles. The van der Waals surface area contributed by atoms with E-state index in [1.165, 1.54) is 30.6 Å². The number of hydrogen-bond donors (Lipinski definition) is 2. The highest BCUT2D eigenvalue weighted by Gasteiger charge is 2.07. The van der Waals surface area contributed by atoms with Crippen molar-refractivity contribution >= 4 is 33.6 Å². The first kappa shape index (κ1) is 12.4. The molecule has 1 aromatic heterocycles. The molecule has 92 valence electrons. The quantitative estimate of drug-likeness (QED) is 0.896. The molecule has 0 radical (unpaired) electrons. The van der Waals surface area contributed by atoms with Crippen molar-refractivity contribution in [2.24, 2.45) is 0 Å². The number of amides is 2. The Labute approximate surface area is 111 Å². The highest BCUT2D eigenvalue weighted by Crippen LogP contribution is 2.12. The number of para-hydroxylation sites is 1. The topological polar surface area (TPSA) is 66.9 Å². The molecule has 18 heavy (non-hydrogen) atoms. The van der Waals surface area contributed by atoms with Gasteiger partial charge in [0.15, 0.2) is 0 Å². The highest BCUT2D eigenvalue weighted by atomic mass is 79.9. The van der Waals surface area contributed by atoms with E-state index in [1.54, 1.807) is 6.07 Å². The van der Waals surface area contributed by atoms with Crippen LogP contribution in [0.5, 0.6) is 0 Å². The molecule has 2 amide bonds. The minimum Gasteiger partial charge on any atom is -0.305 e. The van der Waals surface area contributed by atoms with E-state index in [9.17, 15) is 9.18 Å². The third-order valence-electron chi connectivity index (χ3n) is 1.97. The first-order valence-electron chi connectivity index (χ1n) is 4.95. The molecule has 0 atom stereocenters. The van der Waals surface area contributed by atoms with E-state index in [0.29, 0.717) is 4.47 Å². The zero-order valence-electron chi connectivity index (χ0n) is 9.02. The number of anilines is 2. The van der Waals surface area contributed by atoms with Gasteiger partial charge < -0.3 is 5.32 Å². The number of hydrogen-bond acceptors (Lipinski definition) is 3. The highest BCUT2D eigenvalue weighted by molar-refractivity contribution is 9.10. The number of aromatic nitrogens is 2. The van der Waals surface area contributed by atoms with Crippen molar-refractivity contribution in [1.82, 2.24) is 9.97 Å². The Morgan fingerprint density at radius 2 is 1.83 bits per heavy atom. The second kappa shape index (κ2) is 5.54. The van der Waals surface area contributed by atoms with Gasteiger partial charge in [0.2, 0.25) is 5.95 Å². The van der Waals surface area contributed by atoms with Gasteiger partial charge in [-0.05, 0) is 28.1 Å². The lowest BCUT2D eigenvalue weighted by atomic mass is 10.3. The van der Waals surface area contributed by atoms with Crippen molar-refractivity contribution in [2.45, 2.75) is 0 Å². The number of carbonyl (C=O) groups excluding carboxylic acids is 1. The van der Waals surface area contributed by atoms with E-state index in [0.717, 1.165) is 0 Å². The molecule has 0 aliphatic rings. The van der Waals surface area contributed by atoms with E-state index in [-0.39, 0.29) is 11.6 Å². The molecule has 0 fully saturated rings. The largest absolute Gasteiger partial charge is 0.326 e. The summed E-state index contributed by atoms with van der Waals surface area (Å²) in [6.07, 6.45) is 2.98. The van der Waals surface area contributed by atoms with Crippen LogP contribution < -0.4 is 10.6 Å². The molecule has 0 aliphatic carbocycles. The summed E-state index contributed by atoms with van der Waals surface area (Å²) in [5.41, 5.74) is 0.0899. The number of nitrogens with one attached hydrogen (secondary N) is 2. The van der Waals surface area contributed by atoms with Gasteiger partial charge in [0.25, 0.3) is 0 Å². The average molecular weight is 311 g/mol. The molecule has 2 aromatic rings. The second-order valence-electron chi connectivity index (χ2n) is 3.28. The van der Waals surface area contributed by atoms with Crippen molar-refractivity contribution in [2.75, 3.05) is 10.6 Å². The first-order valence-corrected chi connectivity index (χ1v) is 5.74. The van der Waals surface area contributed by atoms with E-state index in [1.807, 2.05) is 0 Å². The predicted octanol–water partition coefficient (Wildman–Crippen LogP) is 3.02. The van der Waals surface area contributed by atoms with E-state index in [2.05, 4.69) is 36.5 Å². The Balaban J connectivity index is 2.01. The predicted molar refractivity (Wildman–Crippen MR) is 68.8 cm³/mol. The van der Waals surface area contributed by atoms with Gasteiger partial charge in [0.05, 0.1) is 10.2 Å². The number of benzene rings is 1. The normalized spacial score (nSPS) is 9.89. The van der Waals surface area contributed by atoms with Crippen molar-refractivity contribution in [3.05, 3.63) is 46.9 Å². The molecule has 5 nitrogen and oxygen atoms in total. The van der Waals surface area contributed by atoms with Gasteiger partial charge in [-0.3, -0.25) is 5.32 Å². The molecule has 2 N–H and O–H groups in total. The number of nitrogens with zero attached hydrogens (tertiary/aromatic N) is 2.